The van der Waals surface area contributed by atoms with E-state index >= 15 is 8.78 Å². The topological polar surface area (TPSA) is 83.8 Å². The van der Waals surface area contributed by atoms with E-state index in [2.05, 4.69) is 22.2 Å². The zero-order valence-corrected chi connectivity index (χ0v) is 17.0. The molecule has 0 amide bonds. The van der Waals surface area contributed by atoms with Crippen molar-refractivity contribution < 1.29 is 23.4 Å². The van der Waals surface area contributed by atoms with E-state index in [-0.39, 0.29) is 40.5 Å². The lowest BCUT2D eigenvalue weighted by atomic mass is 9.82. The zero-order valence-electron chi connectivity index (χ0n) is 17.0. The molecule has 0 radical (unpaired) electrons. The van der Waals surface area contributed by atoms with E-state index in [9.17, 15) is 9.59 Å². The molecule has 3 aliphatic rings. The highest BCUT2D eigenvalue weighted by Gasteiger charge is 2.40. The van der Waals surface area contributed by atoms with E-state index in [1.54, 1.807) is 4.90 Å². The Hall–Kier alpha value is -2.94. The summed E-state index contributed by atoms with van der Waals surface area (Å²) in [5, 5.41) is 12.0. The molecule has 1 saturated heterocycles. The van der Waals surface area contributed by atoms with Crippen LogP contribution in [-0.2, 0) is 0 Å². The molecule has 164 valence electrons. The minimum atomic E-state index is -1.65. The second-order valence-electron chi connectivity index (χ2n) is 8.55. The van der Waals surface area contributed by atoms with Crippen LogP contribution in [0.1, 0.15) is 25.3 Å². The Balaban J connectivity index is 1.63. The summed E-state index contributed by atoms with van der Waals surface area (Å²) in [4.78, 5) is 25.4. The summed E-state index contributed by atoms with van der Waals surface area (Å²) in [6.45, 7) is 1.04. The van der Waals surface area contributed by atoms with Gasteiger partial charge in [-0.1, -0.05) is 12.2 Å². The summed E-state index contributed by atoms with van der Waals surface area (Å²) < 4.78 is 37.1. The van der Waals surface area contributed by atoms with Crippen molar-refractivity contribution in [2.24, 2.45) is 11.8 Å². The van der Waals surface area contributed by atoms with E-state index in [1.165, 1.54) is 10.8 Å². The first-order chi connectivity index (χ1) is 14.9. The van der Waals surface area contributed by atoms with E-state index in [4.69, 9.17) is 5.11 Å². The van der Waals surface area contributed by atoms with Crippen LogP contribution in [0.5, 0.6) is 5.75 Å². The summed E-state index contributed by atoms with van der Waals surface area (Å²) >= 11 is 0. The smallest absolute Gasteiger partial charge is 0.449 e. The molecule has 1 aromatic heterocycles. The molecule has 0 spiro atoms. The minimum Gasteiger partial charge on any atom is -0.449 e. The SMILES string of the molecule is CNC1C=CCC2CN(c3c(F)cc4c(=O)c(OC(=O)O)cn(C5CC5)c4c3F)CC21. The Morgan fingerprint density at radius 2 is 2.06 bits per heavy atom. The van der Waals surface area contributed by atoms with Gasteiger partial charge < -0.3 is 24.6 Å². The summed E-state index contributed by atoms with van der Waals surface area (Å²) in [6.07, 6.45) is 6.18. The summed E-state index contributed by atoms with van der Waals surface area (Å²) in [5.41, 5.74) is -0.967. The van der Waals surface area contributed by atoms with Gasteiger partial charge in [-0.25, -0.2) is 13.6 Å². The fraction of sp³-hybridized carbons (Fsp3) is 0.455. The number of anilines is 1. The summed E-state index contributed by atoms with van der Waals surface area (Å²) in [6, 6.07) is 1.08. The number of nitrogens with one attached hydrogen (secondary N) is 1. The van der Waals surface area contributed by atoms with Gasteiger partial charge in [0.2, 0.25) is 5.43 Å². The van der Waals surface area contributed by atoms with Crippen molar-refractivity contribution in [1.29, 1.82) is 0 Å². The van der Waals surface area contributed by atoms with Crippen LogP contribution in [-0.4, -0.2) is 42.0 Å². The third-order valence-corrected chi connectivity index (χ3v) is 6.67. The summed E-state index contributed by atoms with van der Waals surface area (Å²) in [7, 11) is 1.88. The van der Waals surface area contributed by atoms with Gasteiger partial charge in [-0.05, 0) is 38.3 Å². The Morgan fingerprint density at radius 3 is 2.74 bits per heavy atom. The molecule has 9 heteroatoms. The van der Waals surface area contributed by atoms with Crippen LogP contribution in [0.3, 0.4) is 0 Å². The number of hydrogen-bond donors (Lipinski definition) is 2. The monoisotopic (exact) mass is 431 g/mol. The van der Waals surface area contributed by atoms with Gasteiger partial charge in [0.15, 0.2) is 11.6 Å². The van der Waals surface area contributed by atoms with E-state index in [1.807, 2.05) is 7.05 Å². The third kappa shape index (κ3) is 3.27. The van der Waals surface area contributed by atoms with E-state index in [0.717, 1.165) is 25.3 Å². The first kappa shape index (κ1) is 20.0. The number of carbonyl (C=O) groups is 1. The Bertz CT molecular complexity index is 1160. The number of nitrogens with zero attached hydrogens (tertiary/aromatic N) is 2. The fourth-order valence-electron chi connectivity index (χ4n) is 5.09. The molecule has 1 saturated carbocycles. The van der Waals surface area contributed by atoms with Crippen molar-refractivity contribution in [2.45, 2.75) is 31.3 Å². The molecule has 2 aromatic rings. The molecule has 2 aliphatic carbocycles. The zero-order chi connectivity index (χ0) is 21.9. The van der Waals surface area contributed by atoms with Crippen LogP contribution in [0, 0.1) is 23.5 Å². The quantitative estimate of drug-likeness (QED) is 0.571. The lowest BCUT2D eigenvalue weighted by molar-refractivity contribution is 0.143. The van der Waals surface area contributed by atoms with Crippen LogP contribution in [0.4, 0.5) is 19.3 Å². The van der Waals surface area contributed by atoms with Crippen molar-refractivity contribution in [1.82, 2.24) is 9.88 Å². The standard InChI is InChI=1S/C22H23F2N3O4/c1-25-16-4-2-3-11-8-26(9-14(11)16)20-15(23)7-13-19(18(20)24)27(12-5-6-12)10-17(21(13)28)31-22(29)30/h2,4,7,10-12,14,16,25H,3,5-6,8-9H2,1H3,(H,29,30). The lowest BCUT2D eigenvalue weighted by Gasteiger charge is -2.28. The maximum absolute atomic E-state index is 15.8. The largest absolute Gasteiger partial charge is 0.511 e. The number of aromatic nitrogens is 1. The molecule has 2 heterocycles. The number of hydrogen-bond acceptors (Lipinski definition) is 5. The molecule has 3 atom stereocenters. The maximum atomic E-state index is 15.8. The van der Waals surface area contributed by atoms with Crippen molar-refractivity contribution >= 4 is 22.7 Å². The van der Waals surface area contributed by atoms with Gasteiger partial charge in [-0.15, -0.1) is 0 Å². The predicted octanol–water partition coefficient (Wildman–Crippen LogP) is 3.27. The van der Waals surface area contributed by atoms with Gasteiger partial charge in [0, 0.05) is 31.1 Å². The highest BCUT2D eigenvalue weighted by atomic mass is 19.1. The predicted molar refractivity (Wildman–Crippen MR) is 111 cm³/mol. The molecule has 2 fully saturated rings. The molecule has 1 aromatic carbocycles. The lowest BCUT2D eigenvalue weighted by Crippen LogP contribution is -2.38. The Labute approximate surface area is 176 Å². The number of rotatable bonds is 4. The van der Waals surface area contributed by atoms with Gasteiger partial charge in [0.25, 0.3) is 0 Å². The number of carboxylic acid groups (broad SMARTS) is 1. The van der Waals surface area contributed by atoms with Gasteiger partial charge in [0.05, 0.1) is 17.1 Å². The van der Waals surface area contributed by atoms with E-state index in [0.29, 0.717) is 13.1 Å². The number of benzene rings is 1. The van der Waals surface area contributed by atoms with Crippen molar-refractivity contribution in [3.05, 3.63) is 46.3 Å². The molecule has 3 unspecified atom stereocenters. The molecule has 31 heavy (non-hydrogen) atoms. The van der Waals surface area contributed by atoms with E-state index < -0.39 is 29.0 Å². The first-order valence-electron chi connectivity index (χ1n) is 10.5. The third-order valence-electron chi connectivity index (χ3n) is 6.67. The van der Waals surface area contributed by atoms with Crippen LogP contribution in [0.2, 0.25) is 0 Å². The van der Waals surface area contributed by atoms with Gasteiger partial charge in [0.1, 0.15) is 11.5 Å². The van der Waals surface area contributed by atoms with Crippen molar-refractivity contribution in [3.8, 4) is 5.75 Å². The average Bonchev–Trinajstić information content (AvgIpc) is 3.48. The number of fused-ring (bicyclic) bond motifs is 2. The summed E-state index contributed by atoms with van der Waals surface area (Å²) in [5.74, 6) is -1.54. The van der Waals surface area contributed by atoms with Crippen molar-refractivity contribution in [3.63, 3.8) is 0 Å². The molecule has 2 N–H and O–H groups in total. The Morgan fingerprint density at radius 1 is 1.29 bits per heavy atom. The average molecular weight is 431 g/mol. The maximum Gasteiger partial charge on any atom is 0.511 e. The van der Waals surface area contributed by atoms with Gasteiger partial charge in [-0.3, -0.25) is 4.79 Å². The number of halogens is 2. The normalized spacial score (nSPS) is 25.1. The van der Waals surface area contributed by atoms with Crippen molar-refractivity contribution in [2.75, 3.05) is 25.0 Å². The highest BCUT2D eigenvalue weighted by Crippen LogP contribution is 2.42. The van der Waals surface area contributed by atoms with Gasteiger partial charge >= 0.3 is 6.16 Å². The van der Waals surface area contributed by atoms with Crippen LogP contribution >= 0.6 is 0 Å². The van der Waals surface area contributed by atoms with Crippen LogP contribution in [0.15, 0.2) is 29.2 Å². The fourth-order valence-corrected chi connectivity index (χ4v) is 5.09. The molecule has 0 bridgehead atoms. The van der Waals surface area contributed by atoms with Crippen LogP contribution in [0.25, 0.3) is 10.9 Å². The number of allylic oxidation sites excluding steroid dienone is 1. The highest BCUT2D eigenvalue weighted by molar-refractivity contribution is 5.86. The molecular formula is C22H23F2N3O4. The minimum absolute atomic E-state index is 0.000183. The molecule has 5 rings (SSSR count). The number of likely N-dealkylation sites (N-methyl/N-ethyl adjacent to an activating group) is 1. The molecule has 7 nitrogen and oxygen atoms in total. The Kier molecular flexibility index (Phi) is 4.73. The van der Waals surface area contributed by atoms with Crippen LogP contribution < -0.4 is 20.4 Å². The molecule has 1 aliphatic heterocycles. The number of pyridine rings is 1. The number of ether oxygens (including phenoxy) is 1. The van der Waals surface area contributed by atoms with Gasteiger partial charge in [-0.2, -0.15) is 0 Å². The first-order valence-corrected chi connectivity index (χ1v) is 10.5. The second-order valence-corrected chi connectivity index (χ2v) is 8.55. The molecular weight excluding hydrogens is 408 g/mol. The second kappa shape index (κ2) is 7.33.